The van der Waals surface area contributed by atoms with Gasteiger partial charge in [-0.2, -0.15) is 5.26 Å². The first-order valence-corrected chi connectivity index (χ1v) is 6.64. The first kappa shape index (κ1) is 13.7. The quantitative estimate of drug-likeness (QED) is 0.792. The van der Waals surface area contributed by atoms with E-state index in [1.165, 1.54) is 12.1 Å². The molecular formula is C17H12N2O3. The number of carbonyl (C=O) groups is 1. The zero-order chi connectivity index (χ0) is 15.5. The number of nitriles is 1. The first-order chi connectivity index (χ1) is 10.7. The van der Waals surface area contributed by atoms with Crippen molar-refractivity contribution in [3.8, 4) is 17.4 Å². The number of nitrogens with one attached hydrogen (secondary N) is 1. The number of furan rings is 2. The number of anilines is 1. The molecule has 0 aliphatic heterocycles. The van der Waals surface area contributed by atoms with Crippen LogP contribution in [-0.4, -0.2) is 5.91 Å². The van der Waals surface area contributed by atoms with Crippen LogP contribution in [0.3, 0.4) is 0 Å². The summed E-state index contributed by atoms with van der Waals surface area (Å²) in [7, 11) is 0. The minimum Gasteiger partial charge on any atom is -0.461 e. The molecule has 0 aliphatic rings. The Morgan fingerprint density at radius 2 is 1.91 bits per heavy atom. The standard InChI is InChI=1S/C17H12N2O3/c1-11-6-8-15(21-11)13-4-2-3-5-14(13)19-17(20)16-9-7-12(10-18)22-16/h2-9H,1H3,(H,19,20). The summed E-state index contributed by atoms with van der Waals surface area (Å²) in [4.78, 5) is 12.2. The molecule has 22 heavy (non-hydrogen) atoms. The van der Waals surface area contributed by atoms with E-state index < -0.39 is 5.91 Å². The summed E-state index contributed by atoms with van der Waals surface area (Å²) in [6, 6.07) is 15.8. The smallest absolute Gasteiger partial charge is 0.291 e. The van der Waals surface area contributed by atoms with Gasteiger partial charge in [-0.1, -0.05) is 12.1 Å². The Balaban J connectivity index is 1.90. The number of para-hydroxylation sites is 1. The average Bonchev–Trinajstić information content (AvgIpc) is 3.16. The van der Waals surface area contributed by atoms with E-state index in [0.29, 0.717) is 11.4 Å². The van der Waals surface area contributed by atoms with Gasteiger partial charge in [0.05, 0.1) is 5.69 Å². The van der Waals surface area contributed by atoms with Crippen LogP contribution in [0.1, 0.15) is 22.1 Å². The second kappa shape index (κ2) is 5.62. The summed E-state index contributed by atoms with van der Waals surface area (Å²) in [5.41, 5.74) is 1.38. The molecular weight excluding hydrogens is 280 g/mol. The average molecular weight is 292 g/mol. The molecule has 0 saturated carbocycles. The van der Waals surface area contributed by atoms with Gasteiger partial charge in [0, 0.05) is 5.56 Å². The minimum atomic E-state index is -0.419. The van der Waals surface area contributed by atoms with Crippen LogP contribution in [0.5, 0.6) is 0 Å². The Kier molecular flexibility index (Phi) is 3.50. The van der Waals surface area contributed by atoms with E-state index in [4.69, 9.17) is 14.1 Å². The number of hydrogen-bond donors (Lipinski definition) is 1. The number of carbonyl (C=O) groups excluding carboxylic acids is 1. The van der Waals surface area contributed by atoms with Crippen molar-refractivity contribution in [3.05, 3.63) is 65.8 Å². The molecule has 0 spiro atoms. The molecule has 3 rings (SSSR count). The molecule has 2 aromatic heterocycles. The molecule has 2 heterocycles. The van der Waals surface area contributed by atoms with Gasteiger partial charge in [-0.25, -0.2) is 0 Å². The summed E-state index contributed by atoms with van der Waals surface area (Å²) < 4.78 is 10.7. The third kappa shape index (κ3) is 2.63. The van der Waals surface area contributed by atoms with Crippen LogP contribution < -0.4 is 5.32 Å². The lowest BCUT2D eigenvalue weighted by atomic mass is 10.1. The van der Waals surface area contributed by atoms with Gasteiger partial charge in [0.1, 0.15) is 17.6 Å². The molecule has 0 atom stereocenters. The largest absolute Gasteiger partial charge is 0.461 e. The van der Waals surface area contributed by atoms with Crippen molar-refractivity contribution in [1.29, 1.82) is 5.26 Å². The van der Waals surface area contributed by atoms with Gasteiger partial charge < -0.3 is 14.2 Å². The predicted molar refractivity (Wildman–Crippen MR) is 80.3 cm³/mol. The van der Waals surface area contributed by atoms with Gasteiger partial charge in [0.15, 0.2) is 5.76 Å². The van der Waals surface area contributed by atoms with Crippen molar-refractivity contribution in [3.63, 3.8) is 0 Å². The Hall–Kier alpha value is -3.26. The van der Waals surface area contributed by atoms with Gasteiger partial charge in [-0.05, 0) is 43.3 Å². The van der Waals surface area contributed by atoms with E-state index in [-0.39, 0.29) is 11.5 Å². The number of hydrogen-bond acceptors (Lipinski definition) is 4. The third-order valence-corrected chi connectivity index (χ3v) is 3.12. The van der Waals surface area contributed by atoms with E-state index in [1.54, 1.807) is 6.07 Å². The van der Waals surface area contributed by atoms with Crippen molar-refractivity contribution in [2.45, 2.75) is 6.92 Å². The first-order valence-electron chi connectivity index (χ1n) is 6.64. The van der Waals surface area contributed by atoms with Crippen LogP contribution in [0.25, 0.3) is 11.3 Å². The zero-order valence-corrected chi connectivity index (χ0v) is 11.8. The summed E-state index contributed by atoms with van der Waals surface area (Å²) >= 11 is 0. The fraction of sp³-hybridized carbons (Fsp3) is 0.0588. The molecule has 0 unspecified atom stereocenters. The second-order valence-electron chi connectivity index (χ2n) is 4.69. The SMILES string of the molecule is Cc1ccc(-c2ccccc2NC(=O)c2ccc(C#N)o2)o1. The number of amides is 1. The highest BCUT2D eigenvalue weighted by atomic mass is 16.4. The number of rotatable bonds is 3. The molecule has 0 fully saturated rings. The maximum absolute atomic E-state index is 12.2. The highest BCUT2D eigenvalue weighted by Crippen LogP contribution is 2.29. The molecule has 1 amide bonds. The third-order valence-electron chi connectivity index (χ3n) is 3.12. The van der Waals surface area contributed by atoms with Crippen LogP contribution in [0.2, 0.25) is 0 Å². The molecule has 5 heteroatoms. The van der Waals surface area contributed by atoms with Crippen molar-refractivity contribution >= 4 is 11.6 Å². The van der Waals surface area contributed by atoms with E-state index in [1.807, 2.05) is 43.3 Å². The Morgan fingerprint density at radius 3 is 2.59 bits per heavy atom. The molecule has 3 aromatic rings. The summed E-state index contributed by atoms with van der Waals surface area (Å²) in [5.74, 6) is 1.23. The highest BCUT2D eigenvalue weighted by molar-refractivity contribution is 6.04. The van der Waals surface area contributed by atoms with Gasteiger partial charge in [0.25, 0.3) is 5.91 Å². The second-order valence-corrected chi connectivity index (χ2v) is 4.69. The topological polar surface area (TPSA) is 79.2 Å². The van der Waals surface area contributed by atoms with Gasteiger partial charge in [-0.3, -0.25) is 4.79 Å². The van der Waals surface area contributed by atoms with Crippen molar-refractivity contribution in [2.75, 3.05) is 5.32 Å². The highest BCUT2D eigenvalue weighted by Gasteiger charge is 2.15. The molecule has 0 bridgehead atoms. The summed E-state index contributed by atoms with van der Waals surface area (Å²) in [6.07, 6.45) is 0. The Morgan fingerprint density at radius 1 is 1.09 bits per heavy atom. The molecule has 108 valence electrons. The number of nitrogens with zero attached hydrogens (tertiary/aromatic N) is 1. The normalized spacial score (nSPS) is 10.2. The maximum atomic E-state index is 12.2. The number of benzene rings is 1. The van der Waals surface area contributed by atoms with Gasteiger partial charge in [0.2, 0.25) is 5.76 Å². The van der Waals surface area contributed by atoms with E-state index in [2.05, 4.69) is 5.32 Å². The molecule has 1 N–H and O–H groups in total. The van der Waals surface area contributed by atoms with Crippen LogP contribution in [-0.2, 0) is 0 Å². The van der Waals surface area contributed by atoms with Crippen LogP contribution in [0, 0.1) is 18.3 Å². The minimum absolute atomic E-state index is 0.0852. The summed E-state index contributed by atoms with van der Waals surface area (Å²) in [6.45, 7) is 1.86. The van der Waals surface area contributed by atoms with Crippen molar-refractivity contribution in [2.24, 2.45) is 0 Å². The Bertz CT molecular complexity index is 868. The van der Waals surface area contributed by atoms with Crippen molar-refractivity contribution in [1.82, 2.24) is 0 Å². The Labute approximate surface area is 126 Å². The fourth-order valence-electron chi connectivity index (χ4n) is 2.09. The molecule has 0 saturated heterocycles. The van der Waals surface area contributed by atoms with Crippen LogP contribution in [0.15, 0.2) is 57.4 Å². The van der Waals surface area contributed by atoms with Crippen LogP contribution >= 0.6 is 0 Å². The van der Waals surface area contributed by atoms with E-state index in [9.17, 15) is 4.79 Å². The van der Waals surface area contributed by atoms with Crippen molar-refractivity contribution < 1.29 is 13.6 Å². The molecule has 0 aliphatic carbocycles. The lowest BCUT2D eigenvalue weighted by molar-refractivity contribution is 0.0996. The van der Waals surface area contributed by atoms with Gasteiger partial charge >= 0.3 is 0 Å². The number of aryl methyl sites for hydroxylation is 1. The lowest BCUT2D eigenvalue weighted by Crippen LogP contribution is -2.11. The monoisotopic (exact) mass is 292 g/mol. The van der Waals surface area contributed by atoms with Gasteiger partial charge in [-0.15, -0.1) is 0 Å². The molecule has 1 aromatic carbocycles. The molecule has 5 nitrogen and oxygen atoms in total. The molecule has 0 radical (unpaired) electrons. The van der Waals surface area contributed by atoms with E-state index in [0.717, 1.165) is 11.3 Å². The maximum Gasteiger partial charge on any atom is 0.291 e. The van der Waals surface area contributed by atoms with E-state index >= 15 is 0 Å². The lowest BCUT2D eigenvalue weighted by Gasteiger charge is -2.08. The summed E-state index contributed by atoms with van der Waals surface area (Å²) in [5, 5.41) is 11.5. The fourth-order valence-corrected chi connectivity index (χ4v) is 2.09. The van der Waals surface area contributed by atoms with Crippen LogP contribution in [0.4, 0.5) is 5.69 Å². The zero-order valence-electron chi connectivity index (χ0n) is 11.8. The predicted octanol–water partition coefficient (Wildman–Crippen LogP) is 3.97.